The monoisotopic (exact) mass is 260 g/mol. The molecule has 18 heavy (non-hydrogen) atoms. The lowest BCUT2D eigenvalue weighted by atomic mass is 10.0. The van der Waals surface area contributed by atoms with Gasteiger partial charge in [-0.15, -0.1) is 5.10 Å². The second-order valence-corrected chi connectivity index (χ2v) is 5.30. The Kier molecular flexibility index (Phi) is 4.20. The summed E-state index contributed by atoms with van der Waals surface area (Å²) >= 11 is 1.21. The van der Waals surface area contributed by atoms with Crippen LogP contribution in [0, 0.1) is 0 Å². The van der Waals surface area contributed by atoms with Crippen molar-refractivity contribution in [2.75, 3.05) is 0 Å². The highest BCUT2D eigenvalue weighted by atomic mass is 32.1. The summed E-state index contributed by atoms with van der Waals surface area (Å²) in [7, 11) is 0. The molecule has 0 amide bonds. The highest BCUT2D eigenvalue weighted by molar-refractivity contribution is 7.08. The van der Waals surface area contributed by atoms with Gasteiger partial charge in [-0.25, -0.2) is 0 Å². The zero-order chi connectivity index (χ0) is 13.0. The molecule has 0 spiro atoms. The van der Waals surface area contributed by atoms with Crippen LogP contribution in [0.2, 0.25) is 0 Å². The first-order chi connectivity index (χ1) is 8.68. The maximum Gasteiger partial charge on any atom is 0.176 e. The van der Waals surface area contributed by atoms with E-state index in [0.29, 0.717) is 6.42 Å². The molecular formula is C14H16N2OS. The molecule has 2 rings (SSSR count). The first-order valence-electron chi connectivity index (χ1n) is 6.08. The smallest absolute Gasteiger partial charge is 0.176 e. The molecule has 4 heteroatoms. The van der Waals surface area contributed by atoms with Gasteiger partial charge in [0.1, 0.15) is 4.88 Å². The van der Waals surface area contributed by atoms with Crippen molar-refractivity contribution in [1.29, 1.82) is 0 Å². The molecule has 1 aromatic carbocycles. The van der Waals surface area contributed by atoms with Crippen LogP contribution in [0.4, 0.5) is 0 Å². The molecular weight excluding hydrogens is 244 g/mol. The average molecular weight is 260 g/mol. The lowest BCUT2D eigenvalue weighted by Crippen LogP contribution is -2.04. The lowest BCUT2D eigenvalue weighted by Gasteiger charge is -2.03. The quantitative estimate of drug-likeness (QED) is 0.773. The minimum Gasteiger partial charge on any atom is -0.293 e. The van der Waals surface area contributed by atoms with Crippen LogP contribution in [-0.4, -0.2) is 15.4 Å². The minimum atomic E-state index is 0.151. The Hall–Kier alpha value is -1.55. The van der Waals surface area contributed by atoms with Crippen LogP contribution >= 0.6 is 11.5 Å². The van der Waals surface area contributed by atoms with Crippen molar-refractivity contribution in [2.24, 2.45) is 0 Å². The summed E-state index contributed by atoms with van der Waals surface area (Å²) in [6, 6.07) is 10.1. The molecule has 0 saturated carbocycles. The van der Waals surface area contributed by atoms with Gasteiger partial charge in [-0.3, -0.25) is 4.79 Å². The number of rotatable bonds is 5. The van der Waals surface area contributed by atoms with E-state index in [1.165, 1.54) is 17.1 Å². The summed E-state index contributed by atoms with van der Waals surface area (Å²) in [6.45, 7) is 4.06. The first-order valence-corrected chi connectivity index (χ1v) is 6.85. The molecule has 0 aliphatic carbocycles. The molecule has 0 aliphatic rings. The van der Waals surface area contributed by atoms with E-state index < -0.39 is 0 Å². The SMILES string of the molecule is CC(C)c1nnsc1C(=O)CCc1ccccc1. The number of hydrogen-bond donors (Lipinski definition) is 0. The van der Waals surface area contributed by atoms with Crippen LogP contribution in [0.25, 0.3) is 0 Å². The van der Waals surface area contributed by atoms with Gasteiger partial charge < -0.3 is 0 Å². The van der Waals surface area contributed by atoms with Gasteiger partial charge in [0.2, 0.25) is 0 Å². The number of benzene rings is 1. The number of ketones is 1. The predicted molar refractivity (Wildman–Crippen MR) is 73.1 cm³/mol. The molecule has 0 N–H and O–H groups in total. The van der Waals surface area contributed by atoms with Crippen molar-refractivity contribution < 1.29 is 4.79 Å². The zero-order valence-electron chi connectivity index (χ0n) is 10.6. The van der Waals surface area contributed by atoms with E-state index in [9.17, 15) is 4.79 Å². The molecule has 0 fully saturated rings. The number of carbonyl (C=O) groups is 1. The highest BCUT2D eigenvalue weighted by Crippen LogP contribution is 2.21. The fraction of sp³-hybridized carbons (Fsp3) is 0.357. The van der Waals surface area contributed by atoms with Crippen molar-refractivity contribution in [3.63, 3.8) is 0 Å². The average Bonchev–Trinajstić information content (AvgIpc) is 2.86. The maximum absolute atomic E-state index is 12.1. The first kappa shape index (κ1) is 12.9. The fourth-order valence-electron chi connectivity index (χ4n) is 1.78. The van der Waals surface area contributed by atoms with Gasteiger partial charge in [0.05, 0.1) is 5.69 Å². The largest absolute Gasteiger partial charge is 0.293 e. The molecule has 0 atom stereocenters. The van der Waals surface area contributed by atoms with Gasteiger partial charge in [0, 0.05) is 6.42 Å². The normalized spacial score (nSPS) is 10.8. The summed E-state index contributed by atoms with van der Waals surface area (Å²) in [5, 5.41) is 4.04. The van der Waals surface area contributed by atoms with Gasteiger partial charge in [0.15, 0.2) is 5.78 Å². The van der Waals surface area contributed by atoms with E-state index in [1.807, 2.05) is 44.2 Å². The molecule has 0 saturated heterocycles. The molecule has 94 valence electrons. The number of Topliss-reactive ketones (excluding diaryl/α,β-unsaturated/α-hetero) is 1. The second kappa shape index (κ2) is 5.87. The van der Waals surface area contributed by atoms with Crippen molar-refractivity contribution in [1.82, 2.24) is 9.59 Å². The van der Waals surface area contributed by atoms with E-state index in [2.05, 4.69) is 9.59 Å². The number of carbonyl (C=O) groups excluding carboxylic acids is 1. The number of nitrogens with zero attached hydrogens (tertiary/aromatic N) is 2. The topological polar surface area (TPSA) is 42.9 Å². The Labute approximate surface area is 111 Å². The van der Waals surface area contributed by atoms with E-state index in [4.69, 9.17) is 0 Å². The number of aryl methyl sites for hydroxylation is 1. The van der Waals surface area contributed by atoms with E-state index in [0.717, 1.165) is 17.0 Å². The Balaban J connectivity index is 2.02. The lowest BCUT2D eigenvalue weighted by molar-refractivity contribution is 0.0985. The number of aromatic nitrogens is 2. The Morgan fingerprint density at radius 3 is 2.67 bits per heavy atom. The fourth-order valence-corrected chi connectivity index (χ4v) is 2.57. The molecule has 2 aromatic rings. The van der Waals surface area contributed by atoms with Crippen molar-refractivity contribution in [3.8, 4) is 0 Å². The summed E-state index contributed by atoms with van der Waals surface area (Å²) in [6.07, 6.45) is 1.29. The molecule has 3 nitrogen and oxygen atoms in total. The molecule has 0 radical (unpaired) electrons. The third-order valence-corrected chi connectivity index (χ3v) is 3.58. The van der Waals surface area contributed by atoms with Gasteiger partial charge in [-0.1, -0.05) is 48.7 Å². The molecule has 0 unspecified atom stereocenters. The van der Waals surface area contributed by atoms with Gasteiger partial charge >= 0.3 is 0 Å². The Morgan fingerprint density at radius 2 is 2.00 bits per heavy atom. The zero-order valence-corrected chi connectivity index (χ0v) is 11.4. The van der Waals surface area contributed by atoms with Crippen molar-refractivity contribution in [3.05, 3.63) is 46.5 Å². The van der Waals surface area contributed by atoms with Gasteiger partial charge in [-0.05, 0) is 29.4 Å². The predicted octanol–water partition coefficient (Wildman–Crippen LogP) is 3.48. The van der Waals surface area contributed by atoms with Gasteiger partial charge in [-0.2, -0.15) is 0 Å². The highest BCUT2D eigenvalue weighted by Gasteiger charge is 2.18. The maximum atomic E-state index is 12.1. The number of hydrogen-bond acceptors (Lipinski definition) is 4. The third-order valence-electron chi connectivity index (χ3n) is 2.80. The van der Waals surface area contributed by atoms with Crippen molar-refractivity contribution in [2.45, 2.75) is 32.6 Å². The summed E-state index contributed by atoms with van der Waals surface area (Å²) in [5.74, 6) is 0.400. The molecule has 1 heterocycles. The van der Waals surface area contributed by atoms with Crippen molar-refractivity contribution >= 4 is 17.3 Å². The van der Waals surface area contributed by atoms with Gasteiger partial charge in [0.25, 0.3) is 0 Å². The van der Waals surface area contributed by atoms with E-state index >= 15 is 0 Å². The minimum absolute atomic E-state index is 0.151. The van der Waals surface area contributed by atoms with Crippen LogP contribution in [0.15, 0.2) is 30.3 Å². The molecule has 0 bridgehead atoms. The van der Waals surface area contributed by atoms with Crippen LogP contribution < -0.4 is 0 Å². The summed E-state index contributed by atoms with van der Waals surface area (Å²) < 4.78 is 3.89. The Morgan fingerprint density at radius 1 is 1.28 bits per heavy atom. The van der Waals surface area contributed by atoms with E-state index in [-0.39, 0.29) is 11.7 Å². The van der Waals surface area contributed by atoms with Crippen LogP contribution in [0.1, 0.15) is 47.1 Å². The molecule has 0 aliphatic heterocycles. The molecule has 1 aromatic heterocycles. The van der Waals surface area contributed by atoms with E-state index in [1.54, 1.807) is 0 Å². The van der Waals surface area contributed by atoms with Crippen LogP contribution in [-0.2, 0) is 6.42 Å². The third kappa shape index (κ3) is 3.01. The summed E-state index contributed by atoms with van der Waals surface area (Å²) in [5.41, 5.74) is 2.02. The second-order valence-electron chi connectivity index (χ2n) is 4.55. The van der Waals surface area contributed by atoms with Crippen LogP contribution in [0.3, 0.4) is 0 Å². The van der Waals surface area contributed by atoms with Crippen LogP contribution in [0.5, 0.6) is 0 Å². The standard InChI is InChI=1S/C14H16N2OS/c1-10(2)13-14(18-16-15-13)12(17)9-8-11-6-4-3-5-7-11/h3-7,10H,8-9H2,1-2H3. The Bertz CT molecular complexity index is 520. The summed E-state index contributed by atoms with van der Waals surface area (Å²) in [4.78, 5) is 12.9.